The van der Waals surface area contributed by atoms with Crippen molar-refractivity contribution in [2.45, 2.75) is 50.9 Å². The number of nitrogens with zero attached hydrogens (tertiary/aromatic N) is 4. The van der Waals surface area contributed by atoms with E-state index in [1.165, 1.54) is 0 Å². The van der Waals surface area contributed by atoms with Gasteiger partial charge < -0.3 is 24.6 Å². The summed E-state index contributed by atoms with van der Waals surface area (Å²) in [4.78, 5) is 22.3. The molecular formula is C32H36BrN5O5. The van der Waals surface area contributed by atoms with E-state index in [0.717, 1.165) is 10.0 Å². The molecule has 1 heterocycles. The van der Waals surface area contributed by atoms with E-state index in [9.17, 15) is 10.3 Å². The summed E-state index contributed by atoms with van der Waals surface area (Å²) < 4.78 is 18.8. The molecule has 0 radical (unpaired) electrons. The molecule has 0 spiro atoms. The maximum Gasteiger partial charge on any atom is 0.252 e. The highest BCUT2D eigenvalue weighted by Crippen LogP contribution is 2.45. The third-order valence-electron chi connectivity index (χ3n) is 6.85. The highest BCUT2D eigenvalue weighted by atomic mass is 79.9. The number of aliphatic hydroxyl groups excluding tert-OH is 1. The quantitative estimate of drug-likeness (QED) is 0.0828. The van der Waals surface area contributed by atoms with Crippen molar-refractivity contribution in [1.82, 2.24) is 5.32 Å². The molecular weight excluding hydrogens is 614 g/mol. The predicted molar refractivity (Wildman–Crippen MR) is 169 cm³/mol. The summed E-state index contributed by atoms with van der Waals surface area (Å²) in [7, 11) is 0. The normalized spacial score (nSPS) is 17.6. The molecule has 0 aliphatic carbocycles. The molecule has 1 aliphatic heterocycles. The lowest BCUT2D eigenvalue weighted by molar-refractivity contribution is -0.129. The van der Waals surface area contributed by atoms with Crippen molar-refractivity contribution < 1.29 is 24.1 Å². The molecule has 1 aliphatic rings. The molecule has 226 valence electrons. The lowest BCUT2D eigenvalue weighted by Gasteiger charge is -2.31. The number of ether oxygens (including phenoxy) is 3. The second kappa shape index (κ2) is 15.5. The number of hydrogen-bond acceptors (Lipinski definition) is 7. The Balaban J connectivity index is 1.76. The Morgan fingerprint density at radius 3 is 2.56 bits per heavy atom. The summed E-state index contributed by atoms with van der Waals surface area (Å²) in [6.07, 6.45) is 0.604. The maximum atomic E-state index is 14.3. The van der Waals surface area contributed by atoms with Gasteiger partial charge in [-0.25, -0.2) is 4.99 Å². The van der Waals surface area contributed by atoms with Crippen molar-refractivity contribution in [3.05, 3.63) is 104 Å². The van der Waals surface area contributed by atoms with Crippen LogP contribution in [0, 0.1) is 0 Å². The fourth-order valence-electron chi connectivity index (χ4n) is 4.77. The van der Waals surface area contributed by atoms with Gasteiger partial charge in [-0.2, -0.15) is 0 Å². The van der Waals surface area contributed by atoms with Crippen LogP contribution in [-0.4, -0.2) is 54.9 Å². The van der Waals surface area contributed by atoms with E-state index in [1.54, 1.807) is 30.3 Å². The summed E-state index contributed by atoms with van der Waals surface area (Å²) in [5.74, 6) is 0.626. The number of halogens is 1. The zero-order chi connectivity index (χ0) is 30.7. The average Bonchev–Trinajstić information content (AvgIpc) is 3.39. The number of benzene rings is 3. The molecule has 1 amide bonds. The molecule has 0 aromatic heterocycles. The van der Waals surface area contributed by atoms with Crippen LogP contribution < -0.4 is 10.1 Å². The number of rotatable bonds is 15. The third-order valence-corrected chi connectivity index (χ3v) is 7.38. The van der Waals surface area contributed by atoms with Crippen LogP contribution in [0.4, 0.5) is 5.69 Å². The SMILES string of the molecule is CC(C)OCCCNC(=O)[C@]1(Cc2ccc(Br)cc2)N=C(c2ccc(OCCCO)cc2)O[C@@H]1c1ccccc1N=[N+]=[N-]. The van der Waals surface area contributed by atoms with Gasteiger partial charge in [0, 0.05) is 58.8 Å². The Bertz CT molecular complexity index is 1440. The molecule has 3 aromatic rings. The van der Waals surface area contributed by atoms with Crippen molar-refractivity contribution in [3.8, 4) is 5.75 Å². The zero-order valence-electron chi connectivity index (χ0n) is 24.3. The number of aliphatic hydroxyl groups is 1. The lowest BCUT2D eigenvalue weighted by Crippen LogP contribution is -2.50. The Labute approximate surface area is 259 Å². The van der Waals surface area contributed by atoms with Gasteiger partial charge in [-0.3, -0.25) is 4.79 Å². The van der Waals surface area contributed by atoms with Crippen LogP contribution in [0.15, 0.2) is 87.4 Å². The van der Waals surface area contributed by atoms with Gasteiger partial charge in [-0.15, -0.1) is 0 Å². The van der Waals surface area contributed by atoms with Crippen LogP contribution in [0.25, 0.3) is 10.4 Å². The number of carbonyl (C=O) groups excluding carboxylic acids is 1. The van der Waals surface area contributed by atoms with E-state index >= 15 is 0 Å². The van der Waals surface area contributed by atoms with Gasteiger partial charge in [0.15, 0.2) is 11.6 Å². The van der Waals surface area contributed by atoms with E-state index in [1.807, 2.05) is 56.3 Å². The molecule has 2 N–H and O–H groups in total. The number of carbonyl (C=O) groups is 1. The monoisotopic (exact) mass is 649 g/mol. The van der Waals surface area contributed by atoms with Crippen molar-refractivity contribution in [2.75, 3.05) is 26.4 Å². The van der Waals surface area contributed by atoms with Crippen LogP contribution in [0.3, 0.4) is 0 Å². The second-order valence-electron chi connectivity index (χ2n) is 10.4. The van der Waals surface area contributed by atoms with Crippen LogP contribution >= 0.6 is 15.9 Å². The van der Waals surface area contributed by atoms with E-state index in [2.05, 4.69) is 31.3 Å². The van der Waals surface area contributed by atoms with Gasteiger partial charge >= 0.3 is 0 Å². The van der Waals surface area contributed by atoms with Crippen molar-refractivity contribution in [1.29, 1.82) is 0 Å². The number of nitrogens with one attached hydrogen (secondary N) is 1. The summed E-state index contributed by atoms with van der Waals surface area (Å²) >= 11 is 3.49. The van der Waals surface area contributed by atoms with Gasteiger partial charge in [0.1, 0.15) is 5.75 Å². The number of azide groups is 1. The third kappa shape index (κ3) is 8.36. The minimum absolute atomic E-state index is 0.0503. The molecule has 0 saturated carbocycles. The number of aliphatic imine (C=N–C) groups is 1. The van der Waals surface area contributed by atoms with Gasteiger partial charge in [-0.05, 0) is 67.8 Å². The van der Waals surface area contributed by atoms with E-state index in [4.69, 9.17) is 24.3 Å². The molecule has 0 bridgehead atoms. The van der Waals surface area contributed by atoms with Crippen LogP contribution in [0.5, 0.6) is 5.75 Å². The fraction of sp³-hybridized carbons (Fsp3) is 0.375. The lowest BCUT2D eigenvalue weighted by atomic mass is 9.81. The summed E-state index contributed by atoms with van der Waals surface area (Å²) in [5.41, 5.74) is 10.3. The Morgan fingerprint density at radius 1 is 1.12 bits per heavy atom. The molecule has 10 nitrogen and oxygen atoms in total. The predicted octanol–water partition coefficient (Wildman–Crippen LogP) is 6.58. The fourth-order valence-corrected chi connectivity index (χ4v) is 5.03. The van der Waals surface area contributed by atoms with Gasteiger partial charge in [0.2, 0.25) is 5.90 Å². The highest BCUT2D eigenvalue weighted by Gasteiger charge is 2.53. The smallest absolute Gasteiger partial charge is 0.252 e. The van der Waals surface area contributed by atoms with Crippen molar-refractivity contribution in [2.24, 2.45) is 10.1 Å². The van der Waals surface area contributed by atoms with Crippen molar-refractivity contribution >= 4 is 33.4 Å². The Hall–Kier alpha value is -3.89. The summed E-state index contributed by atoms with van der Waals surface area (Å²) in [5, 5.41) is 16.0. The Morgan fingerprint density at radius 2 is 1.86 bits per heavy atom. The van der Waals surface area contributed by atoms with Crippen LogP contribution in [-0.2, 0) is 20.7 Å². The maximum absolute atomic E-state index is 14.3. The average molecular weight is 651 g/mol. The molecule has 3 aromatic carbocycles. The largest absolute Gasteiger partial charge is 0.494 e. The minimum Gasteiger partial charge on any atom is -0.494 e. The first-order valence-electron chi connectivity index (χ1n) is 14.2. The van der Waals surface area contributed by atoms with Crippen LogP contribution in [0.2, 0.25) is 0 Å². The van der Waals surface area contributed by atoms with Gasteiger partial charge in [-0.1, -0.05) is 57.4 Å². The number of amides is 1. The molecule has 4 rings (SSSR count). The summed E-state index contributed by atoms with van der Waals surface area (Å²) in [6, 6.07) is 22.0. The first-order valence-corrected chi connectivity index (χ1v) is 15.0. The molecule has 43 heavy (non-hydrogen) atoms. The zero-order valence-corrected chi connectivity index (χ0v) is 25.9. The van der Waals surface area contributed by atoms with E-state index in [0.29, 0.717) is 55.2 Å². The molecule has 2 atom stereocenters. The summed E-state index contributed by atoms with van der Waals surface area (Å²) in [6.45, 7) is 5.29. The van der Waals surface area contributed by atoms with Crippen LogP contribution in [0.1, 0.15) is 49.5 Å². The highest BCUT2D eigenvalue weighted by molar-refractivity contribution is 9.10. The van der Waals surface area contributed by atoms with Gasteiger partial charge in [0.05, 0.1) is 12.7 Å². The second-order valence-corrected chi connectivity index (χ2v) is 11.3. The first kappa shape index (κ1) is 32.0. The Kier molecular flexibility index (Phi) is 11.6. The molecule has 0 fully saturated rings. The first-order chi connectivity index (χ1) is 20.9. The standard InChI is InChI=1S/C32H36BrN5O5/c1-22(2)41-19-5-17-35-31(40)32(21-23-9-13-25(33)14-10-23)29(27-7-3-4-8-28(27)37-38-34)43-30(36-32)24-11-15-26(16-12-24)42-20-6-18-39/h3-4,7-16,22,29,39H,5-6,17-21H2,1-2H3,(H,35,40)/t29-,32-/m1/s1. The minimum atomic E-state index is -1.42. The molecule has 11 heteroatoms. The van der Waals surface area contributed by atoms with E-state index < -0.39 is 11.6 Å². The molecule has 0 saturated heterocycles. The molecule has 0 unspecified atom stereocenters. The number of hydrogen-bond donors (Lipinski definition) is 2. The van der Waals surface area contributed by atoms with Gasteiger partial charge in [0.25, 0.3) is 5.91 Å². The van der Waals surface area contributed by atoms with Crippen molar-refractivity contribution in [3.63, 3.8) is 0 Å². The van der Waals surface area contributed by atoms with E-state index in [-0.39, 0.29) is 30.9 Å². The topological polar surface area (TPSA) is 138 Å².